The lowest BCUT2D eigenvalue weighted by Crippen LogP contribution is -2.63. The Morgan fingerprint density at radius 2 is 0.625 bits per heavy atom. The lowest BCUT2D eigenvalue weighted by Gasteiger charge is -2.46. The van der Waals surface area contributed by atoms with Crippen molar-refractivity contribution in [2.24, 2.45) is 35.1 Å². The summed E-state index contributed by atoms with van der Waals surface area (Å²) < 4.78 is 0. The molecule has 2 saturated heterocycles. The third-order valence-electron chi connectivity index (χ3n) is 11.4. The fourth-order valence-electron chi connectivity index (χ4n) is 8.53. The molecular weight excluding hydrogens is 589 g/mol. The largest absolute Gasteiger partial charge is 0.323 e. The van der Waals surface area contributed by atoms with E-state index in [-0.39, 0.29) is 11.1 Å². The second-order valence-corrected chi connectivity index (χ2v) is 17.3. The van der Waals surface area contributed by atoms with Crippen molar-refractivity contribution in [1.29, 1.82) is 0 Å². The molecule has 2 rings (SSSR count). The van der Waals surface area contributed by atoms with Crippen LogP contribution in [0.4, 0.5) is 0 Å². The Morgan fingerprint density at radius 3 is 0.792 bits per heavy atom. The van der Waals surface area contributed by atoms with Gasteiger partial charge in [-0.05, 0) is 63.2 Å². The SMILES string of the molecule is CCCCC(CC)CN1CN(CC(CC)CCCC)CC(C)(N)C1.CCCCC(CC)CN1CN(CC(CC)CCCC)CC(C)(N)C1. The zero-order valence-electron chi connectivity index (χ0n) is 34.6. The van der Waals surface area contributed by atoms with Crippen LogP contribution in [0.5, 0.6) is 0 Å². The number of rotatable bonds is 24. The van der Waals surface area contributed by atoms with Gasteiger partial charge in [0.15, 0.2) is 0 Å². The minimum Gasteiger partial charge on any atom is -0.323 e. The highest BCUT2D eigenvalue weighted by Gasteiger charge is 2.34. The molecule has 0 aromatic rings. The molecule has 4 atom stereocenters. The van der Waals surface area contributed by atoms with Crippen molar-refractivity contribution in [2.75, 3.05) is 65.7 Å². The second kappa shape index (κ2) is 25.7. The van der Waals surface area contributed by atoms with Gasteiger partial charge in [0.25, 0.3) is 0 Å². The number of hydrogen-bond acceptors (Lipinski definition) is 6. The van der Waals surface area contributed by atoms with Gasteiger partial charge in [0.1, 0.15) is 0 Å². The molecule has 48 heavy (non-hydrogen) atoms. The van der Waals surface area contributed by atoms with Crippen LogP contribution < -0.4 is 11.5 Å². The van der Waals surface area contributed by atoms with Gasteiger partial charge < -0.3 is 11.5 Å². The molecule has 0 amide bonds. The molecular formula is C42H90N6. The highest BCUT2D eigenvalue weighted by atomic mass is 15.4. The van der Waals surface area contributed by atoms with Crippen LogP contribution in [-0.4, -0.2) is 96.4 Å². The van der Waals surface area contributed by atoms with E-state index in [9.17, 15) is 0 Å². The third-order valence-corrected chi connectivity index (χ3v) is 11.4. The lowest BCUT2D eigenvalue weighted by atomic mass is 9.94. The molecule has 0 aromatic heterocycles. The van der Waals surface area contributed by atoms with Crippen LogP contribution in [0.3, 0.4) is 0 Å². The summed E-state index contributed by atoms with van der Waals surface area (Å²) in [6.45, 7) is 34.4. The lowest BCUT2D eigenvalue weighted by molar-refractivity contribution is 0.0181. The van der Waals surface area contributed by atoms with Gasteiger partial charge in [-0.15, -0.1) is 0 Å². The predicted molar refractivity (Wildman–Crippen MR) is 214 cm³/mol. The van der Waals surface area contributed by atoms with Gasteiger partial charge in [-0.2, -0.15) is 0 Å². The van der Waals surface area contributed by atoms with Gasteiger partial charge in [-0.25, -0.2) is 0 Å². The van der Waals surface area contributed by atoms with Crippen molar-refractivity contribution in [2.45, 2.75) is 183 Å². The molecule has 0 aliphatic carbocycles. The van der Waals surface area contributed by atoms with E-state index in [0.29, 0.717) is 0 Å². The fourth-order valence-corrected chi connectivity index (χ4v) is 8.53. The average Bonchev–Trinajstić information content (AvgIpc) is 3.03. The van der Waals surface area contributed by atoms with E-state index >= 15 is 0 Å². The first-order valence-electron chi connectivity index (χ1n) is 21.3. The standard InChI is InChI=1S/2C21H45N3/c2*1-6-10-12-19(8-3)14-23-16-21(5,22)17-24(18-23)15-20(9-4)13-11-7-2/h2*19-20H,6-18,22H2,1-5H3. The van der Waals surface area contributed by atoms with Crippen molar-refractivity contribution in [3.8, 4) is 0 Å². The van der Waals surface area contributed by atoms with E-state index in [1.54, 1.807) is 0 Å². The van der Waals surface area contributed by atoms with E-state index in [0.717, 1.165) is 63.2 Å². The number of nitrogens with zero attached hydrogens (tertiary/aromatic N) is 4. The summed E-state index contributed by atoms with van der Waals surface area (Å²) in [5.74, 6) is 3.34. The quantitative estimate of drug-likeness (QED) is 0.106. The summed E-state index contributed by atoms with van der Waals surface area (Å²) in [6.07, 6.45) is 21.4. The maximum atomic E-state index is 6.61. The van der Waals surface area contributed by atoms with Gasteiger partial charge in [0.05, 0.1) is 13.3 Å². The van der Waals surface area contributed by atoms with Gasteiger partial charge in [-0.3, -0.25) is 19.6 Å². The molecule has 0 aromatic carbocycles. The Balaban J connectivity index is 0.000000480. The zero-order chi connectivity index (χ0) is 36.0. The van der Waals surface area contributed by atoms with Crippen molar-refractivity contribution >= 4 is 0 Å². The van der Waals surface area contributed by atoms with Crippen molar-refractivity contribution in [3.05, 3.63) is 0 Å². The molecule has 6 heteroatoms. The molecule has 2 aliphatic heterocycles. The summed E-state index contributed by atoms with van der Waals surface area (Å²) in [5.41, 5.74) is 13.1. The summed E-state index contributed by atoms with van der Waals surface area (Å²) >= 11 is 0. The van der Waals surface area contributed by atoms with Crippen LogP contribution >= 0.6 is 0 Å². The molecule has 2 fully saturated rings. The molecule has 6 nitrogen and oxygen atoms in total. The van der Waals surface area contributed by atoms with Crippen molar-refractivity contribution in [1.82, 2.24) is 19.6 Å². The maximum absolute atomic E-state index is 6.61. The Hall–Kier alpha value is -0.240. The third kappa shape index (κ3) is 20.0. The summed E-state index contributed by atoms with van der Waals surface area (Å²) in [7, 11) is 0. The highest BCUT2D eigenvalue weighted by Crippen LogP contribution is 2.24. The Bertz CT molecular complexity index is 638. The van der Waals surface area contributed by atoms with Crippen molar-refractivity contribution < 1.29 is 0 Å². The van der Waals surface area contributed by atoms with Crippen LogP contribution in [0, 0.1) is 23.7 Å². The van der Waals surface area contributed by atoms with E-state index in [1.807, 2.05) is 0 Å². The minimum atomic E-state index is -0.0651. The Morgan fingerprint density at radius 1 is 0.417 bits per heavy atom. The highest BCUT2D eigenvalue weighted by molar-refractivity contribution is 4.92. The van der Waals surface area contributed by atoms with Gasteiger partial charge in [-0.1, -0.05) is 132 Å². The predicted octanol–water partition coefficient (Wildman–Crippen LogP) is 9.42. The number of hydrogen-bond donors (Lipinski definition) is 2. The Labute approximate surface area is 302 Å². The van der Waals surface area contributed by atoms with E-state index in [2.05, 4.69) is 88.8 Å². The van der Waals surface area contributed by atoms with E-state index < -0.39 is 0 Å². The van der Waals surface area contributed by atoms with Gasteiger partial charge in [0.2, 0.25) is 0 Å². The molecule has 0 saturated carbocycles. The van der Waals surface area contributed by atoms with Crippen LogP contribution in [0.2, 0.25) is 0 Å². The summed E-state index contributed by atoms with van der Waals surface area (Å²) in [5, 5.41) is 0. The molecule has 4 N–H and O–H groups in total. The molecule has 2 heterocycles. The smallest absolute Gasteiger partial charge is 0.0507 e. The van der Waals surface area contributed by atoms with Crippen LogP contribution in [-0.2, 0) is 0 Å². The molecule has 288 valence electrons. The minimum absolute atomic E-state index is 0.0651. The molecule has 0 radical (unpaired) electrons. The fraction of sp³-hybridized carbons (Fsp3) is 1.00. The van der Waals surface area contributed by atoms with Crippen LogP contribution in [0.15, 0.2) is 0 Å². The molecule has 4 unspecified atom stereocenters. The summed E-state index contributed by atoms with van der Waals surface area (Å²) in [4.78, 5) is 10.6. The first-order valence-corrected chi connectivity index (χ1v) is 21.3. The van der Waals surface area contributed by atoms with E-state index in [4.69, 9.17) is 11.5 Å². The second-order valence-electron chi connectivity index (χ2n) is 17.3. The topological polar surface area (TPSA) is 65.0 Å². The maximum Gasteiger partial charge on any atom is 0.0507 e. The number of unbranched alkanes of at least 4 members (excludes halogenated alkanes) is 4. The first kappa shape index (κ1) is 45.8. The zero-order valence-corrected chi connectivity index (χ0v) is 34.6. The number of nitrogens with two attached hydrogens (primary N) is 2. The van der Waals surface area contributed by atoms with Gasteiger partial charge in [0, 0.05) is 63.4 Å². The monoisotopic (exact) mass is 679 g/mol. The molecule has 2 aliphatic rings. The Kier molecular flexibility index (Phi) is 24.5. The van der Waals surface area contributed by atoms with Gasteiger partial charge >= 0.3 is 0 Å². The normalized spacial score (nSPS) is 25.8. The molecule has 0 bridgehead atoms. The van der Waals surface area contributed by atoms with Crippen molar-refractivity contribution in [3.63, 3.8) is 0 Å². The molecule has 0 spiro atoms. The first-order chi connectivity index (χ1) is 22.9. The van der Waals surface area contributed by atoms with Crippen LogP contribution in [0.1, 0.15) is 172 Å². The van der Waals surface area contributed by atoms with E-state index in [1.165, 1.54) is 129 Å². The summed E-state index contributed by atoms with van der Waals surface area (Å²) in [6, 6.07) is 0. The van der Waals surface area contributed by atoms with Crippen LogP contribution in [0.25, 0.3) is 0 Å². The average molecular weight is 679 g/mol.